The molecule has 202 valence electrons. The molecule has 38 heavy (non-hydrogen) atoms. The first-order valence-corrected chi connectivity index (χ1v) is 15.1. The van der Waals surface area contributed by atoms with Gasteiger partial charge in [-0.15, -0.1) is 4.83 Å². The van der Waals surface area contributed by atoms with Gasteiger partial charge in [0.1, 0.15) is 11.6 Å². The van der Waals surface area contributed by atoms with E-state index in [1.54, 1.807) is 62.4 Å². The molecule has 8 nitrogen and oxygen atoms in total. The highest BCUT2D eigenvalue weighted by Crippen LogP contribution is 2.65. The van der Waals surface area contributed by atoms with E-state index in [2.05, 4.69) is 4.83 Å². The van der Waals surface area contributed by atoms with E-state index >= 15 is 0 Å². The lowest BCUT2D eigenvalue weighted by molar-refractivity contribution is 0.181. The summed E-state index contributed by atoms with van der Waals surface area (Å²) in [5.41, 5.74) is 2.66. The van der Waals surface area contributed by atoms with Gasteiger partial charge in [-0.2, -0.15) is 0 Å². The van der Waals surface area contributed by atoms with Gasteiger partial charge in [0.15, 0.2) is 5.78 Å². The van der Waals surface area contributed by atoms with Crippen molar-refractivity contribution < 1.29 is 31.2 Å². The maximum atomic E-state index is 14.5. The number of fused-ring (bicyclic) bond motifs is 1. The molecular formula is C27H30FN2O6PS. The third kappa shape index (κ3) is 5.70. The number of aryl methyl sites for hydroxylation is 1. The van der Waals surface area contributed by atoms with E-state index in [9.17, 15) is 17.4 Å². The van der Waals surface area contributed by atoms with Crippen LogP contribution in [0.5, 0.6) is 5.75 Å². The van der Waals surface area contributed by atoms with Crippen molar-refractivity contribution >= 4 is 29.4 Å². The van der Waals surface area contributed by atoms with Crippen LogP contribution >= 0.6 is 7.60 Å². The van der Waals surface area contributed by atoms with Crippen LogP contribution in [0.25, 0.3) is 11.8 Å². The van der Waals surface area contributed by atoms with Gasteiger partial charge >= 0.3 is 7.60 Å². The van der Waals surface area contributed by atoms with Crippen LogP contribution < -0.4 is 9.57 Å². The van der Waals surface area contributed by atoms with Gasteiger partial charge in [-0.1, -0.05) is 23.8 Å². The van der Waals surface area contributed by atoms with Crippen molar-refractivity contribution in [3.8, 4) is 5.75 Å². The minimum atomic E-state index is -4.18. The molecule has 0 aromatic heterocycles. The number of nitrogens with zero attached hydrogens (tertiary/aromatic N) is 1. The molecule has 1 aliphatic rings. The van der Waals surface area contributed by atoms with Gasteiger partial charge in [0, 0.05) is 0 Å². The molecule has 1 heterocycles. The molecule has 0 radical (unpaired) electrons. The quantitative estimate of drug-likeness (QED) is 0.299. The molecule has 0 aliphatic carbocycles. The summed E-state index contributed by atoms with van der Waals surface area (Å²) in [5, 5.41) is 1.24. The molecule has 11 heteroatoms. The normalized spacial score (nSPS) is 15.7. The maximum absolute atomic E-state index is 14.5. The Morgan fingerprint density at radius 1 is 0.974 bits per heavy atom. The number of hydrazine groups is 1. The molecule has 1 unspecified atom stereocenters. The Balaban J connectivity index is 1.96. The minimum Gasteiger partial charge on any atom is -0.497 e. The highest BCUT2D eigenvalue weighted by atomic mass is 32.2. The summed E-state index contributed by atoms with van der Waals surface area (Å²) in [5.74, 6) is -1.29. The standard InChI is InChI=1S/C27H30FN2O6PS/c1-5-35-37(31,36-6-2)27-25-18-22(28)12-9-21(25)17-26(20-10-13-23(34-4)14-11-20)30(27)29-38(32,33)24-15-7-19(3)8-16-24/h7-18,27,29H,5-6H2,1-4H3. The van der Waals surface area contributed by atoms with Crippen LogP contribution in [0, 0.1) is 12.7 Å². The molecule has 1 aliphatic heterocycles. The summed E-state index contributed by atoms with van der Waals surface area (Å²) in [6, 6.07) is 17.3. The molecule has 0 fully saturated rings. The predicted molar refractivity (Wildman–Crippen MR) is 144 cm³/mol. The summed E-state index contributed by atoms with van der Waals surface area (Å²) in [4.78, 5) is 2.60. The number of nitrogens with one attached hydrogen (secondary N) is 1. The summed E-state index contributed by atoms with van der Waals surface area (Å²) in [6.07, 6.45) is 1.70. The topological polar surface area (TPSA) is 94.2 Å². The van der Waals surface area contributed by atoms with Crippen molar-refractivity contribution in [3.63, 3.8) is 0 Å². The minimum absolute atomic E-state index is 0.00335. The van der Waals surface area contributed by atoms with E-state index in [0.29, 0.717) is 22.6 Å². The van der Waals surface area contributed by atoms with Gasteiger partial charge in [0.2, 0.25) is 0 Å². The molecule has 3 aromatic carbocycles. The Hall–Kier alpha value is -3.01. The molecule has 4 rings (SSSR count). The van der Waals surface area contributed by atoms with Gasteiger partial charge in [0.05, 0.1) is 30.9 Å². The number of hydrogen-bond acceptors (Lipinski definition) is 7. The first-order chi connectivity index (χ1) is 18.1. The third-order valence-electron chi connectivity index (χ3n) is 5.98. The first kappa shape index (κ1) is 28.0. The van der Waals surface area contributed by atoms with Crippen LogP contribution in [0.4, 0.5) is 4.39 Å². The van der Waals surface area contributed by atoms with Gasteiger partial charge in [0.25, 0.3) is 10.0 Å². The monoisotopic (exact) mass is 560 g/mol. The highest BCUT2D eigenvalue weighted by Gasteiger charge is 2.47. The summed E-state index contributed by atoms with van der Waals surface area (Å²) < 4.78 is 72.7. The summed E-state index contributed by atoms with van der Waals surface area (Å²) >= 11 is 0. The van der Waals surface area contributed by atoms with Crippen molar-refractivity contribution in [3.05, 3.63) is 94.8 Å². The van der Waals surface area contributed by atoms with Crippen molar-refractivity contribution in [1.29, 1.82) is 0 Å². The van der Waals surface area contributed by atoms with Crippen LogP contribution in [-0.4, -0.2) is 33.8 Å². The molecule has 0 amide bonds. The van der Waals surface area contributed by atoms with Gasteiger partial charge < -0.3 is 13.8 Å². The Labute approximate surface area is 222 Å². The van der Waals surface area contributed by atoms with Crippen LogP contribution in [-0.2, 0) is 23.6 Å². The summed E-state index contributed by atoms with van der Waals surface area (Å²) in [6.45, 7) is 5.21. The largest absolute Gasteiger partial charge is 0.497 e. The lowest BCUT2D eigenvalue weighted by Crippen LogP contribution is -2.45. The van der Waals surface area contributed by atoms with E-state index in [-0.39, 0.29) is 23.7 Å². The Morgan fingerprint density at radius 3 is 2.18 bits per heavy atom. The van der Waals surface area contributed by atoms with Crippen molar-refractivity contribution in [1.82, 2.24) is 9.84 Å². The number of ether oxygens (including phenoxy) is 1. The van der Waals surface area contributed by atoms with Gasteiger partial charge in [-0.05, 0) is 92.1 Å². The fourth-order valence-corrected chi connectivity index (χ4v) is 7.47. The molecule has 0 spiro atoms. The van der Waals surface area contributed by atoms with Crippen LogP contribution in [0.1, 0.15) is 41.9 Å². The zero-order valence-electron chi connectivity index (χ0n) is 21.5. The fourth-order valence-electron chi connectivity index (χ4n) is 4.22. The number of halogens is 1. The molecular weight excluding hydrogens is 530 g/mol. The number of rotatable bonds is 10. The molecule has 1 atom stereocenters. The molecule has 1 N–H and O–H groups in total. The SMILES string of the molecule is CCOP(=O)(OCC)C1c2cc(F)ccc2C=C(c2ccc(OC)cc2)N1NS(=O)(=O)c1ccc(C)cc1. The van der Waals surface area contributed by atoms with E-state index in [4.69, 9.17) is 13.8 Å². The Kier molecular flexibility index (Phi) is 8.40. The number of hydrogen-bond donors (Lipinski definition) is 1. The molecule has 0 bridgehead atoms. The zero-order chi connectivity index (χ0) is 27.5. The van der Waals surface area contributed by atoms with Crippen LogP contribution in [0.15, 0.2) is 71.6 Å². The second kappa shape index (κ2) is 11.4. The van der Waals surface area contributed by atoms with E-state index < -0.39 is 29.2 Å². The second-order valence-electron chi connectivity index (χ2n) is 8.56. The van der Waals surface area contributed by atoms with E-state index in [0.717, 1.165) is 5.56 Å². The predicted octanol–water partition coefficient (Wildman–Crippen LogP) is 6.11. The van der Waals surface area contributed by atoms with Crippen molar-refractivity contribution in [2.45, 2.75) is 31.4 Å². The number of benzene rings is 3. The van der Waals surface area contributed by atoms with Gasteiger partial charge in [-0.25, -0.2) is 12.8 Å². The van der Waals surface area contributed by atoms with Crippen LogP contribution in [0.3, 0.4) is 0 Å². The van der Waals surface area contributed by atoms with Crippen molar-refractivity contribution in [2.75, 3.05) is 20.3 Å². The molecule has 0 saturated carbocycles. The van der Waals surface area contributed by atoms with Crippen LogP contribution in [0.2, 0.25) is 0 Å². The lowest BCUT2D eigenvalue weighted by atomic mass is 9.99. The van der Waals surface area contributed by atoms with E-state index in [1.165, 1.54) is 36.4 Å². The average Bonchev–Trinajstić information content (AvgIpc) is 2.88. The number of sulfonamides is 1. The second-order valence-corrected chi connectivity index (χ2v) is 12.3. The maximum Gasteiger partial charge on any atom is 0.359 e. The zero-order valence-corrected chi connectivity index (χ0v) is 23.3. The number of methoxy groups -OCH3 is 1. The fraction of sp³-hybridized carbons (Fsp3) is 0.259. The van der Waals surface area contributed by atoms with Gasteiger partial charge in [-0.3, -0.25) is 9.57 Å². The molecule has 3 aromatic rings. The lowest BCUT2D eigenvalue weighted by Gasteiger charge is -2.41. The Morgan fingerprint density at radius 2 is 1.61 bits per heavy atom. The highest BCUT2D eigenvalue weighted by molar-refractivity contribution is 7.89. The van der Waals surface area contributed by atoms with E-state index in [1.807, 2.05) is 6.92 Å². The summed E-state index contributed by atoms with van der Waals surface area (Å²) in [7, 11) is -6.74. The molecule has 0 saturated heterocycles. The third-order valence-corrected chi connectivity index (χ3v) is 9.65. The average molecular weight is 561 g/mol. The Bertz CT molecular complexity index is 1470. The first-order valence-electron chi connectivity index (χ1n) is 12.0. The smallest absolute Gasteiger partial charge is 0.359 e. The van der Waals surface area contributed by atoms with Crippen molar-refractivity contribution in [2.24, 2.45) is 0 Å².